The Morgan fingerprint density at radius 2 is 2.00 bits per heavy atom. The Hall–Kier alpha value is -2.15. The van der Waals surface area contributed by atoms with Crippen LogP contribution in [0.15, 0.2) is 12.1 Å². The van der Waals surface area contributed by atoms with Crippen molar-refractivity contribution in [3.8, 4) is 0 Å². The third-order valence-electron chi connectivity index (χ3n) is 2.97. The van der Waals surface area contributed by atoms with E-state index in [0.29, 0.717) is 11.1 Å². The Morgan fingerprint density at radius 3 is 2.61 bits per heavy atom. The molecule has 0 saturated carbocycles. The van der Waals surface area contributed by atoms with Crippen LogP contribution in [0.25, 0.3) is 10.2 Å². The first kappa shape index (κ1) is 17.2. The Morgan fingerprint density at radius 1 is 1.30 bits per heavy atom. The molecule has 1 amide bonds. The zero-order valence-corrected chi connectivity index (χ0v) is 14.7. The summed E-state index contributed by atoms with van der Waals surface area (Å²) in [6.45, 7) is 7.55. The summed E-state index contributed by atoms with van der Waals surface area (Å²) in [4.78, 5) is 27.8. The van der Waals surface area contributed by atoms with Crippen LogP contribution in [0.4, 0.5) is 4.79 Å². The number of nitrogens with zero attached hydrogens (tertiary/aromatic N) is 1. The van der Waals surface area contributed by atoms with Crippen LogP contribution in [-0.4, -0.2) is 29.8 Å². The summed E-state index contributed by atoms with van der Waals surface area (Å²) in [7, 11) is 1.35. The van der Waals surface area contributed by atoms with Gasteiger partial charge in [-0.1, -0.05) is 0 Å². The van der Waals surface area contributed by atoms with E-state index in [1.807, 2.05) is 13.0 Å². The summed E-state index contributed by atoms with van der Waals surface area (Å²) in [5, 5.41) is 3.42. The summed E-state index contributed by atoms with van der Waals surface area (Å²) in [5.41, 5.74) is 1.50. The van der Waals surface area contributed by atoms with Gasteiger partial charge >= 0.3 is 12.1 Å². The number of ether oxygens (including phenoxy) is 2. The van der Waals surface area contributed by atoms with Gasteiger partial charge in [0, 0.05) is 0 Å². The molecule has 1 N–H and O–H groups in total. The topological polar surface area (TPSA) is 77.5 Å². The monoisotopic (exact) mass is 336 g/mol. The molecule has 0 atom stereocenters. The highest BCUT2D eigenvalue weighted by Crippen LogP contribution is 2.26. The Labute approximate surface area is 138 Å². The molecule has 0 radical (unpaired) electrons. The van der Waals surface area contributed by atoms with Crippen LogP contribution in [0.2, 0.25) is 0 Å². The number of rotatable bonds is 3. The molecule has 0 aliphatic rings. The molecule has 1 aromatic carbocycles. The lowest BCUT2D eigenvalue weighted by molar-refractivity contribution is 0.0522. The van der Waals surface area contributed by atoms with Crippen molar-refractivity contribution >= 4 is 33.6 Å². The molecule has 2 rings (SSSR count). The van der Waals surface area contributed by atoms with Crippen molar-refractivity contribution in [3.63, 3.8) is 0 Å². The molecule has 23 heavy (non-hydrogen) atoms. The number of amides is 1. The number of thiazole rings is 1. The first-order valence-corrected chi connectivity index (χ1v) is 7.96. The number of aromatic nitrogens is 1. The van der Waals surface area contributed by atoms with Gasteiger partial charge in [-0.05, 0) is 45.4 Å². The highest BCUT2D eigenvalue weighted by molar-refractivity contribution is 7.18. The molecule has 6 nitrogen and oxygen atoms in total. The molecule has 0 spiro atoms. The van der Waals surface area contributed by atoms with Gasteiger partial charge in [-0.25, -0.2) is 14.6 Å². The van der Waals surface area contributed by atoms with Crippen LogP contribution in [-0.2, 0) is 16.0 Å². The average molecular weight is 336 g/mol. The molecule has 0 aliphatic heterocycles. The van der Waals surface area contributed by atoms with Crippen molar-refractivity contribution in [1.82, 2.24) is 10.3 Å². The van der Waals surface area contributed by atoms with Crippen LogP contribution in [0.5, 0.6) is 0 Å². The second kappa shape index (κ2) is 6.54. The van der Waals surface area contributed by atoms with E-state index in [1.54, 1.807) is 26.8 Å². The van der Waals surface area contributed by atoms with Crippen LogP contribution in [0, 0.1) is 6.92 Å². The molecule has 7 heteroatoms. The number of alkyl carbamates (subject to hydrolysis) is 1. The Kier molecular flexibility index (Phi) is 4.89. The predicted octanol–water partition coefficient (Wildman–Crippen LogP) is 3.42. The van der Waals surface area contributed by atoms with Gasteiger partial charge in [0.05, 0.1) is 29.4 Å². The first-order valence-electron chi connectivity index (χ1n) is 7.15. The molecule has 124 valence electrons. The second-order valence-corrected chi connectivity index (χ2v) is 7.20. The summed E-state index contributed by atoms with van der Waals surface area (Å²) in [5.74, 6) is -0.383. The fourth-order valence-corrected chi connectivity index (χ4v) is 2.98. The van der Waals surface area contributed by atoms with Gasteiger partial charge in [0.1, 0.15) is 10.6 Å². The summed E-state index contributed by atoms with van der Waals surface area (Å²) >= 11 is 1.47. The highest BCUT2D eigenvalue weighted by atomic mass is 32.1. The highest BCUT2D eigenvalue weighted by Gasteiger charge is 2.17. The number of hydrogen-bond donors (Lipinski definition) is 1. The molecule has 0 aliphatic carbocycles. The third-order valence-corrected chi connectivity index (χ3v) is 3.99. The molecule has 1 aromatic heterocycles. The van der Waals surface area contributed by atoms with Crippen molar-refractivity contribution in [3.05, 3.63) is 28.3 Å². The number of aryl methyl sites for hydroxylation is 1. The first-order chi connectivity index (χ1) is 10.7. The maximum atomic E-state index is 11.7. The minimum atomic E-state index is -0.537. The SMILES string of the molecule is COC(=O)c1cc2nc(CNC(=O)OC(C)(C)C)sc2cc1C. The van der Waals surface area contributed by atoms with Gasteiger partial charge in [0.15, 0.2) is 0 Å². The number of hydrogen-bond acceptors (Lipinski definition) is 6. The van der Waals surface area contributed by atoms with Crippen molar-refractivity contribution in [2.75, 3.05) is 7.11 Å². The summed E-state index contributed by atoms with van der Waals surface area (Å²) in [6.07, 6.45) is -0.483. The van der Waals surface area contributed by atoms with Crippen molar-refractivity contribution in [2.45, 2.75) is 39.8 Å². The number of esters is 1. The standard InChI is InChI=1S/C16H20N2O4S/c1-9-6-12-11(7-10(9)14(19)21-5)18-13(23-12)8-17-15(20)22-16(2,3)4/h6-7H,8H2,1-5H3,(H,17,20). The summed E-state index contributed by atoms with van der Waals surface area (Å²) < 4.78 is 10.9. The van der Waals surface area contributed by atoms with Gasteiger partial charge in [-0.15, -0.1) is 11.3 Å². The van der Waals surface area contributed by atoms with Gasteiger partial charge < -0.3 is 14.8 Å². The van der Waals surface area contributed by atoms with Crippen molar-refractivity contribution in [1.29, 1.82) is 0 Å². The zero-order chi connectivity index (χ0) is 17.2. The number of fused-ring (bicyclic) bond motifs is 1. The van der Waals surface area contributed by atoms with E-state index in [1.165, 1.54) is 18.4 Å². The van der Waals surface area contributed by atoms with Gasteiger partial charge in [-0.2, -0.15) is 0 Å². The average Bonchev–Trinajstić information content (AvgIpc) is 2.83. The smallest absolute Gasteiger partial charge is 0.408 e. The Bertz CT molecular complexity index is 746. The third kappa shape index (κ3) is 4.41. The number of nitrogens with one attached hydrogen (secondary N) is 1. The van der Waals surface area contributed by atoms with Gasteiger partial charge in [0.2, 0.25) is 0 Å². The number of carbonyl (C=O) groups is 2. The predicted molar refractivity (Wildman–Crippen MR) is 88.8 cm³/mol. The fourth-order valence-electron chi connectivity index (χ4n) is 1.99. The lowest BCUT2D eigenvalue weighted by atomic mass is 10.1. The maximum Gasteiger partial charge on any atom is 0.408 e. The van der Waals surface area contributed by atoms with Gasteiger partial charge in [0.25, 0.3) is 0 Å². The van der Waals surface area contributed by atoms with E-state index < -0.39 is 11.7 Å². The van der Waals surface area contributed by atoms with Crippen LogP contribution >= 0.6 is 11.3 Å². The molecule has 0 fully saturated rings. The molecule has 2 aromatic rings. The van der Waals surface area contributed by atoms with E-state index in [4.69, 9.17) is 9.47 Å². The Balaban J connectivity index is 2.14. The van der Waals surface area contributed by atoms with Gasteiger partial charge in [-0.3, -0.25) is 0 Å². The van der Waals surface area contributed by atoms with E-state index in [2.05, 4.69) is 10.3 Å². The quantitative estimate of drug-likeness (QED) is 0.869. The van der Waals surface area contributed by atoms with E-state index >= 15 is 0 Å². The number of benzene rings is 1. The normalized spacial score (nSPS) is 11.3. The number of carbonyl (C=O) groups excluding carboxylic acids is 2. The lowest BCUT2D eigenvalue weighted by Crippen LogP contribution is -2.32. The van der Waals surface area contributed by atoms with Crippen LogP contribution in [0.3, 0.4) is 0 Å². The van der Waals surface area contributed by atoms with E-state index in [-0.39, 0.29) is 12.5 Å². The second-order valence-electron chi connectivity index (χ2n) is 6.09. The molecule has 0 saturated heterocycles. The van der Waals surface area contributed by atoms with Crippen LogP contribution < -0.4 is 5.32 Å². The summed E-state index contributed by atoms with van der Waals surface area (Å²) in [6, 6.07) is 3.61. The van der Waals surface area contributed by atoms with E-state index in [9.17, 15) is 9.59 Å². The molecule has 1 heterocycles. The molecular formula is C16H20N2O4S. The van der Waals surface area contributed by atoms with Crippen molar-refractivity contribution < 1.29 is 19.1 Å². The van der Waals surface area contributed by atoms with Crippen molar-refractivity contribution in [2.24, 2.45) is 0 Å². The maximum absolute atomic E-state index is 11.7. The minimum absolute atomic E-state index is 0.279. The van der Waals surface area contributed by atoms with E-state index in [0.717, 1.165) is 15.3 Å². The lowest BCUT2D eigenvalue weighted by Gasteiger charge is -2.19. The largest absolute Gasteiger partial charge is 0.465 e. The molecule has 0 unspecified atom stereocenters. The number of methoxy groups -OCH3 is 1. The zero-order valence-electron chi connectivity index (χ0n) is 13.9. The minimum Gasteiger partial charge on any atom is -0.465 e. The van der Waals surface area contributed by atoms with Crippen LogP contribution in [0.1, 0.15) is 41.7 Å². The molecular weight excluding hydrogens is 316 g/mol. The molecule has 0 bridgehead atoms. The fraction of sp³-hybridized carbons (Fsp3) is 0.438.